The Morgan fingerprint density at radius 3 is 1.83 bits per heavy atom. The molecule has 4 aromatic carbocycles. The van der Waals surface area contributed by atoms with Crippen molar-refractivity contribution in [3.05, 3.63) is 132 Å². The van der Waals surface area contributed by atoms with Crippen LogP contribution < -0.4 is 4.31 Å². The van der Waals surface area contributed by atoms with Crippen LogP contribution in [-0.4, -0.2) is 49.9 Å². The zero-order valence-corrected chi connectivity index (χ0v) is 25.0. The summed E-state index contributed by atoms with van der Waals surface area (Å²) in [6, 6.07) is 38.4. The predicted molar refractivity (Wildman–Crippen MR) is 168 cm³/mol. The van der Waals surface area contributed by atoms with E-state index in [0.717, 1.165) is 56.8 Å². The molecule has 214 valence electrons. The molecular formula is C35H41N3O2S. The molecule has 5 rings (SSSR count). The summed E-state index contributed by atoms with van der Waals surface area (Å²) < 4.78 is 29.7. The number of benzene rings is 4. The van der Waals surface area contributed by atoms with Gasteiger partial charge in [0.05, 0.1) is 10.6 Å². The van der Waals surface area contributed by atoms with E-state index in [-0.39, 0.29) is 6.04 Å². The summed E-state index contributed by atoms with van der Waals surface area (Å²) in [6.45, 7) is 8.72. The van der Waals surface area contributed by atoms with Gasteiger partial charge in [-0.3, -0.25) is 9.21 Å². The van der Waals surface area contributed by atoms with Gasteiger partial charge >= 0.3 is 0 Å². The van der Waals surface area contributed by atoms with Crippen molar-refractivity contribution in [2.45, 2.75) is 56.8 Å². The molecule has 0 radical (unpaired) electrons. The van der Waals surface area contributed by atoms with Crippen LogP contribution in [0.15, 0.2) is 120 Å². The van der Waals surface area contributed by atoms with Crippen LogP contribution in [0.25, 0.3) is 0 Å². The van der Waals surface area contributed by atoms with Crippen molar-refractivity contribution < 1.29 is 8.42 Å². The highest BCUT2D eigenvalue weighted by molar-refractivity contribution is 7.92. The third-order valence-corrected chi connectivity index (χ3v) is 9.93. The summed E-state index contributed by atoms with van der Waals surface area (Å²) in [5, 5.41) is 0. The van der Waals surface area contributed by atoms with Crippen LogP contribution in [0.1, 0.15) is 36.5 Å². The van der Waals surface area contributed by atoms with Gasteiger partial charge in [0, 0.05) is 44.8 Å². The zero-order chi connectivity index (χ0) is 28.7. The lowest BCUT2D eigenvalue weighted by Gasteiger charge is -2.41. The topological polar surface area (TPSA) is 43.9 Å². The lowest BCUT2D eigenvalue weighted by atomic mass is 10.0. The molecule has 0 amide bonds. The first-order chi connectivity index (χ1) is 19.9. The molecule has 1 atom stereocenters. The van der Waals surface area contributed by atoms with Crippen LogP contribution in [0.3, 0.4) is 0 Å². The van der Waals surface area contributed by atoms with Crippen LogP contribution in [0.4, 0.5) is 5.69 Å². The Labute approximate surface area is 246 Å². The second-order valence-corrected chi connectivity index (χ2v) is 13.0. The first-order valence-corrected chi connectivity index (χ1v) is 16.0. The highest BCUT2D eigenvalue weighted by Crippen LogP contribution is 2.31. The Hall–Kier alpha value is -3.45. The fraction of sp³-hybridized carbons (Fsp3) is 0.314. The molecular weight excluding hydrogens is 526 g/mol. The van der Waals surface area contributed by atoms with Crippen molar-refractivity contribution in [3.8, 4) is 0 Å². The van der Waals surface area contributed by atoms with E-state index in [4.69, 9.17) is 0 Å². The number of nitrogens with zero attached hydrogens (tertiary/aromatic N) is 3. The van der Waals surface area contributed by atoms with Crippen LogP contribution >= 0.6 is 0 Å². The summed E-state index contributed by atoms with van der Waals surface area (Å²) in [6.07, 6.45) is 1.59. The summed E-state index contributed by atoms with van der Waals surface area (Å²) in [5.41, 5.74) is 4.30. The maximum Gasteiger partial charge on any atom is 0.264 e. The number of hydrogen-bond donors (Lipinski definition) is 0. The van der Waals surface area contributed by atoms with Gasteiger partial charge in [-0.15, -0.1) is 0 Å². The van der Waals surface area contributed by atoms with Crippen molar-refractivity contribution >= 4 is 15.7 Å². The predicted octanol–water partition coefficient (Wildman–Crippen LogP) is 6.75. The molecule has 0 unspecified atom stereocenters. The van der Waals surface area contributed by atoms with Gasteiger partial charge in [-0.05, 0) is 67.6 Å². The van der Waals surface area contributed by atoms with Crippen LogP contribution in [0.2, 0.25) is 0 Å². The lowest BCUT2D eigenvalue weighted by molar-refractivity contribution is 0.119. The average Bonchev–Trinajstić information content (AvgIpc) is 2.99. The smallest absolute Gasteiger partial charge is 0.264 e. The summed E-state index contributed by atoms with van der Waals surface area (Å²) in [4.78, 5) is 5.41. The van der Waals surface area contributed by atoms with E-state index >= 15 is 0 Å². The summed E-state index contributed by atoms with van der Waals surface area (Å²) in [5.74, 6) is 0. The van der Waals surface area contributed by atoms with E-state index in [1.807, 2.05) is 49.4 Å². The number of anilines is 1. The highest BCUT2D eigenvalue weighted by Gasteiger charge is 2.34. The van der Waals surface area contributed by atoms with Crippen molar-refractivity contribution in [1.29, 1.82) is 0 Å². The number of aryl methyl sites for hydroxylation is 1. The second-order valence-electron chi connectivity index (χ2n) is 11.2. The third kappa shape index (κ3) is 7.45. The molecule has 0 bridgehead atoms. The normalized spacial score (nSPS) is 15.6. The monoisotopic (exact) mass is 567 g/mol. The molecule has 1 aliphatic heterocycles. The largest absolute Gasteiger partial charge is 0.302 e. The first kappa shape index (κ1) is 29.1. The van der Waals surface area contributed by atoms with Gasteiger partial charge in [-0.1, -0.05) is 91.0 Å². The maximum atomic E-state index is 14.0. The Kier molecular flexibility index (Phi) is 9.55. The minimum atomic E-state index is -3.69. The number of likely N-dealkylation sites (tertiary alicyclic amines) is 1. The molecule has 6 heteroatoms. The lowest BCUT2D eigenvalue weighted by Crippen LogP contribution is -2.50. The average molecular weight is 568 g/mol. The van der Waals surface area contributed by atoms with Gasteiger partial charge in [-0.25, -0.2) is 8.42 Å². The fourth-order valence-corrected chi connectivity index (χ4v) is 7.65. The van der Waals surface area contributed by atoms with Gasteiger partial charge in [-0.2, -0.15) is 0 Å². The Balaban J connectivity index is 1.29. The van der Waals surface area contributed by atoms with Crippen molar-refractivity contribution in [1.82, 2.24) is 9.80 Å². The van der Waals surface area contributed by atoms with E-state index in [1.165, 1.54) is 11.1 Å². The Bertz CT molecular complexity index is 1430. The second kappa shape index (κ2) is 13.5. The van der Waals surface area contributed by atoms with E-state index < -0.39 is 10.0 Å². The molecule has 41 heavy (non-hydrogen) atoms. The van der Waals surface area contributed by atoms with Crippen LogP contribution in [0.5, 0.6) is 0 Å². The number of sulfonamides is 1. The minimum Gasteiger partial charge on any atom is -0.302 e. The maximum absolute atomic E-state index is 14.0. The SMILES string of the molecule is Cc1cccc(S(=O)(=O)N(c2ccccc2)C2CCN(C[C@H](C)N(Cc3ccccc3)Cc3ccccc3)CC2)c1. The fourth-order valence-electron chi connectivity index (χ4n) is 5.84. The molecule has 1 fully saturated rings. The first-order valence-electron chi connectivity index (χ1n) is 14.6. The molecule has 4 aromatic rings. The zero-order valence-electron chi connectivity index (χ0n) is 24.1. The van der Waals surface area contributed by atoms with E-state index in [2.05, 4.69) is 77.4 Å². The third-order valence-electron chi connectivity index (χ3n) is 8.05. The molecule has 1 aliphatic rings. The van der Waals surface area contributed by atoms with Crippen LogP contribution in [-0.2, 0) is 23.1 Å². The minimum absolute atomic E-state index is 0.0841. The van der Waals surface area contributed by atoms with Gasteiger partial charge in [0.1, 0.15) is 0 Å². The van der Waals surface area contributed by atoms with E-state index in [1.54, 1.807) is 16.4 Å². The van der Waals surface area contributed by atoms with Gasteiger partial charge in [0.2, 0.25) is 0 Å². The molecule has 0 saturated carbocycles. The summed E-state index contributed by atoms with van der Waals surface area (Å²) in [7, 11) is -3.69. The molecule has 0 spiro atoms. The quantitative estimate of drug-likeness (QED) is 0.201. The molecule has 0 N–H and O–H groups in total. The number of piperidine rings is 1. The number of para-hydroxylation sites is 1. The van der Waals surface area contributed by atoms with Crippen LogP contribution in [0, 0.1) is 6.92 Å². The molecule has 0 aromatic heterocycles. The highest BCUT2D eigenvalue weighted by atomic mass is 32.2. The van der Waals surface area contributed by atoms with E-state index in [0.29, 0.717) is 10.9 Å². The standard InChI is InChI=1S/C35H41N3O2S/c1-29-13-12-20-35(25-29)41(39,40)38(33-18-10-5-11-19-33)34-21-23-36(24-22-34)26-30(2)37(27-31-14-6-3-7-15-31)28-32-16-8-4-9-17-32/h3-20,25,30,34H,21-24,26-28H2,1-2H3/t30-/m0/s1. The summed E-state index contributed by atoms with van der Waals surface area (Å²) >= 11 is 0. The van der Waals surface area contributed by atoms with E-state index in [9.17, 15) is 8.42 Å². The molecule has 5 nitrogen and oxygen atoms in total. The van der Waals surface area contributed by atoms with Crippen molar-refractivity contribution in [2.24, 2.45) is 0 Å². The van der Waals surface area contributed by atoms with Gasteiger partial charge in [0.25, 0.3) is 10.0 Å². The molecule has 1 saturated heterocycles. The van der Waals surface area contributed by atoms with Gasteiger partial charge < -0.3 is 4.90 Å². The number of rotatable bonds is 11. The Morgan fingerprint density at radius 1 is 0.756 bits per heavy atom. The van der Waals surface area contributed by atoms with Crippen molar-refractivity contribution in [3.63, 3.8) is 0 Å². The molecule has 1 heterocycles. The Morgan fingerprint density at radius 2 is 1.29 bits per heavy atom. The van der Waals surface area contributed by atoms with Crippen molar-refractivity contribution in [2.75, 3.05) is 23.9 Å². The number of hydrogen-bond acceptors (Lipinski definition) is 4. The molecule has 0 aliphatic carbocycles. The van der Waals surface area contributed by atoms with Gasteiger partial charge in [0.15, 0.2) is 0 Å².